The van der Waals surface area contributed by atoms with Crippen molar-refractivity contribution in [1.82, 2.24) is 9.13 Å². The number of para-hydroxylation sites is 2. The number of aromatic nitrogens is 2. The fraction of sp³-hybridized carbons (Fsp3) is 0.0103. The van der Waals surface area contributed by atoms with Crippen LogP contribution < -0.4 is 0 Å². The molecule has 0 saturated carbocycles. The van der Waals surface area contributed by atoms with Gasteiger partial charge in [-0.1, -0.05) is 315 Å². The van der Waals surface area contributed by atoms with Crippen molar-refractivity contribution in [2.24, 2.45) is 0 Å². The molecule has 99 heavy (non-hydrogen) atoms. The molecule has 0 aliphatic heterocycles. The number of fused-ring (bicyclic) bond motifs is 9. The van der Waals surface area contributed by atoms with Gasteiger partial charge in [0, 0.05) is 32.9 Å². The van der Waals surface area contributed by atoms with Crippen LogP contribution in [0.3, 0.4) is 0 Å². The summed E-state index contributed by atoms with van der Waals surface area (Å²) >= 11 is 0. The normalized spacial score (nSPS) is 12.3. The molecule has 1 aliphatic rings. The van der Waals surface area contributed by atoms with Gasteiger partial charge in [0.15, 0.2) is 0 Å². The summed E-state index contributed by atoms with van der Waals surface area (Å²) in [7, 11) is 0. The van der Waals surface area contributed by atoms with Gasteiger partial charge in [-0.2, -0.15) is 0 Å². The second kappa shape index (κ2) is 23.8. The first-order chi connectivity index (χ1) is 49.1. The maximum Gasteiger partial charge on any atom is 0.0713 e. The minimum Gasteiger partial charge on any atom is -0.309 e. The molecule has 19 rings (SSSR count). The van der Waals surface area contributed by atoms with Crippen molar-refractivity contribution < 1.29 is 0 Å². The van der Waals surface area contributed by atoms with Gasteiger partial charge < -0.3 is 9.13 Å². The standard InChI is InChI=1S/C97H64N2/c1-3-18-65(19-4-1)67-40-44-72(45-41-67)75-22-15-23-76(60-75)74-48-54-81(55-49-74)97(91-32-11-7-28-85(91)86-29-8-12-33-92(86)97)82-26-16-24-77(61-82)73-46-42-69(43-47-73)68-36-38-70(39-37-68)71-50-56-83(57-51-71)98-93-34-13-9-30-87(93)89-63-79(52-58-95(89)98)80-53-59-96-90(64-80)88-31-10-14-35-94(88)99(96)84-27-17-25-78(62-84)66-20-5-2-6-21-66/h1-64H. The second-order valence-electron chi connectivity index (χ2n) is 26.3. The molecular weight excluding hydrogens is 1190 g/mol. The lowest BCUT2D eigenvalue weighted by atomic mass is 9.67. The van der Waals surface area contributed by atoms with Crippen LogP contribution in [0.5, 0.6) is 0 Å². The summed E-state index contributed by atoms with van der Waals surface area (Å²) in [5, 5.41) is 4.95. The fourth-order valence-electron chi connectivity index (χ4n) is 16.1. The molecule has 2 aromatic heterocycles. The highest BCUT2D eigenvalue weighted by Gasteiger charge is 2.46. The van der Waals surface area contributed by atoms with Crippen molar-refractivity contribution in [3.63, 3.8) is 0 Å². The van der Waals surface area contributed by atoms with Crippen LogP contribution in [-0.2, 0) is 5.41 Å². The Labute approximate surface area is 576 Å². The van der Waals surface area contributed by atoms with Crippen LogP contribution in [0.4, 0.5) is 0 Å². The van der Waals surface area contributed by atoms with E-state index in [1.54, 1.807) is 0 Å². The Morgan fingerprint density at radius 2 is 0.475 bits per heavy atom. The number of benzene rings is 16. The predicted octanol–water partition coefficient (Wildman–Crippen LogP) is 25.6. The molecule has 0 fully saturated rings. The van der Waals surface area contributed by atoms with Gasteiger partial charge in [-0.05, 0) is 195 Å². The average Bonchev–Trinajstić information content (AvgIpc) is 1.56. The fourth-order valence-corrected chi connectivity index (χ4v) is 16.1. The van der Waals surface area contributed by atoms with E-state index in [2.05, 4.69) is 397 Å². The predicted molar refractivity (Wildman–Crippen MR) is 416 cm³/mol. The summed E-state index contributed by atoms with van der Waals surface area (Å²) in [6.07, 6.45) is 0. The van der Waals surface area contributed by atoms with Gasteiger partial charge >= 0.3 is 0 Å². The Morgan fingerprint density at radius 3 is 0.970 bits per heavy atom. The molecule has 0 radical (unpaired) electrons. The lowest BCUT2D eigenvalue weighted by Crippen LogP contribution is -2.28. The third-order valence-electron chi connectivity index (χ3n) is 20.9. The van der Waals surface area contributed by atoms with Gasteiger partial charge in [0.05, 0.1) is 27.5 Å². The molecule has 0 N–H and O–H groups in total. The average molecular weight is 1260 g/mol. The number of hydrogen-bond donors (Lipinski definition) is 0. The largest absolute Gasteiger partial charge is 0.309 e. The SMILES string of the molecule is c1ccc(-c2ccc(-c3cccc(-c4ccc(C5(c6cccc(-c7ccc(-c8ccc(-c9ccc(-n%10c%11ccccc%11c%11cc(-c%12ccc%13c(c%12)c%12ccccc%12n%13-c%12cccc(-c%13ccccc%13)c%12)ccc%11%10)cc9)cc8)cc7)c6)c6ccccc6-c6ccccc65)cc4)c3)cc2)cc1. The Morgan fingerprint density at radius 1 is 0.162 bits per heavy atom. The van der Waals surface area contributed by atoms with E-state index in [-0.39, 0.29) is 0 Å². The molecule has 0 unspecified atom stereocenters. The van der Waals surface area contributed by atoms with E-state index in [1.807, 2.05) is 0 Å². The Kier molecular flexibility index (Phi) is 13.8. The zero-order valence-corrected chi connectivity index (χ0v) is 54.3. The first kappa shape index (κ1) is 57.6. The molecule has 2 nitrogen and oxygen atoms in total. The highest BCUT2D eigenvalue weighted by Crippen LogP contribution is 2.57. The summed E-state index contributed by atoms with van der Waals surface area (Å²) in [6, 6.07) is 143. The molecule has 0 amide bonds. The molecule has 2 heteroatoms. The third-order valence-corrected chi connectivity index (χ3v) is 20.9. The smallest absolute Gasteiger partial charge is 0.0713 e. The van der Waals surface area contributed by atoms with Crippen LogP contribution in [0.1, 0.15) is 22.3 Å². The highest BCUT2D eigenvalue weighted by atomic mass is 15.0. The van der Waals surface area contributed by atoms with E-state index in [4.69, 9.17) is 0 Å². The van der Waals surface area contributed by atoms with E-state index < -0.39 is 5.41 Å². The monoisotopic (exact) mass is 1260 g/mol. The minimum atomic E-state index is -0.538. The number of nitrogens with zero attached hydrogens (tertiary/aromatic N) is 2. The molecule has 0 bridgehead atoms. The first-order valence-corrected chi connectivity index (χ1v) is 34.3. The zero-order chi connectivity index (χ0) is 65.4. The van der Waals surface area contributed by atoms with Crippen molar-refractivity contribution in [3.05, 3.63) is 411 Å². The highest BCUT2D eigenvalue weighted by molar-refractivity contribution is 6.13. The van der Waals surface area contributed by atoms with E-state index in [0.29, 0.717) is 0 Å². The van der Waals surface area contributed by atoms with Gasteiger partial charge in [-0.3, -0.25) is 0 Å². The second-order valence-corrected chi connectivity index (χ2v) is 26.3. The van der Waals surface area contributed by atoms with E-state index in [9.17, 15) is 0 Å². The van der Waals surface area contributed by atoms with Crippen LogP contribution in [-0.4, -0.2) is 9.13 Å². The molecular formula is C97H64N2. The summed E-state index contributed by atoms with van der Waals surface area (Å²) in [5.74, 6) is 0. The van der Waals surface area contributed by atoms with Crippen LogP contribution in [0.2, 0.25) is 0 Å². The van der Waals surface area contributed by atoms with Crippen molar-refractivity contribution in [3.8, 4) is 112 Å². The van der Waals surface area contributed by atoms with E-state index in [1.165, 1.54) is 166 Å². The summed E-state index contributed by atoms with van der Waals surface area (Å²) in [5.41, 5.74) is 33.3. The van der Waals surface area contributed by atoms with Crippen molar-refractivity contribution in [1.29, 1.82) is 0 Å². The molecule has 462 valence electrons. The Bertz CT molecular complexity index is 6050. The zero-order valence-electron chi connectivity index (χ0n) is 54.3. The van der Waals surface area contributed by atoms with Gasteiger partial charge in [0.1, 0.15) is 0 Å². The molecule has 0 atom stereocenters. The van der Waals surface area contributed by atoms with E-state index in [0.717, 1.165) is 11.4 Å². The van der Waals surface area contributed by atoms with Crippen molar-refractivity contribution >= 4 is 43.6 Å². The summed E-state index contributed by atoms with van der Waals surface area (Å²) in [4.78, 5) is 0. The first-order valence-electron chi connectivity index (χ1n) is 34.3. The molecule has 16 aromatic carbocycles. The topological polar surface area (TPSA) is 9.86 Å². The lowest BCUT2D eigenvalue weighted by molar-refractivity contribution is 0.769. The van der Waals surface area contributed by atoms with Crippen LogP contribution in [0.15, 0.2) is 388 Å². The summed E-state index contributed by atoms with van der Waals surface area (Å²) in [6.45, 7) is 0. The molecule has 0 saturated heterocycles. The molecule has 0 spiro atoms. The van der Waals surface area contributed by atoms with Crippen LogP contribution in [0, 0.1) is 0 Å². The molecule has 2 heterocycles. The van der Waals surface area contributed by atoms with E-state index >= 15 is 0 Å². The van der Waals surface area contributed by atoms with Gasteiger partial charge in [0.2, 0.25) is 0 Å². The van der Waals surface area contributed by atoms with Crippen LogP contribution >= 0.6 is 0 Å². The third kappa shape index (κ3) is 9.79. The lowest BCUT2D eigenvalue weighted by Gasteiger charge is -2.34. The van der Waals surface area contributed by atoms with Gasteiger partial charge in [0.25, 0.3) is 0 Å². The van der Waals surface area contributed by atoms with Crippen LogP contribution in [0.25, 0.3) is 155 Å². The van der Waals surface area contributed by atoms with Gasteiger partial charge in [-0.25, -0.2) is 0 Å². The molecule has 18 aromatic rings. The number of hydrogen-bond acceptors (Lipinski definition) is 0. The maximum atomic E-state index is 2.43. The number of rotatable bonds is 12. The van der Waals surface area contributed by atoms with Crippen molar-refractivity contribution in [2.45, 2.75) is 5.41 Å². The quantitative estimate of drug-likeness (QED) is 0.115. The van der Waals surface area contributed by atoms with Crippen molar-refractivity contribution in [2.75, 3.05) is 0 Å². The summed E-state index contributed by atoms with van der Waals surface area (Å²) < 4.78 is 4.83. The minimum absolute atomic E-state index is 0.538. The van der Waals surface area contributed by atoms with Gasteiger partial charge in [-0.15, -0.1) is 0 Å². The maximum absolute atomic E-state index is 2.43. The Hall–Kier alpha value is -12.9. The Balaban J connectivity index is 0.588. The molecule has 1 aliphatic carbocycles.